The quantitative estimate of drug-likeness (QED) is 0.720. The van der Waals surface area contributed by atoms with Crippen LogP contribution >= 0.6 is 0 Å². The zero-order valence-corrected chi connectivity index (χ0v) is 8.06. The molecule has 1 aliphatic heterocycles. The van der Waals surface area contributed by atoms with E-state index in [1.807, 2.05) is 17.0 Å². The average Bonchev–Trinajstić information content (AvgIpc) is 2.21. The SMILES string of the molecule is [CH]N1CCN(c2ccc(O)cc2)CC1. The Kier molecular flexibility index (Phi) is 2.59. The molecule has 0 bridgehead atoms. The molecule has 0 spiro atoms. The molecule has 1 aromatic rings. The van der Waals surface area contributed by atoms with Crippen molar-refractivity contribution in [1.82, 2.24) is 4.90 Å². The second-order valence-electron chi connectivity index (χ2n) is 3.54. The largest absolute Gasteiger partial charge is 0.508 e. The summed E-state index contributed by atoms with van der Waals surface area (Å²) in [5.41, 5.74) is 1.15. The highest BCUT2D eigenvalue weighted by atomic mass is 16.3. The lowest BCUT2D eigenvalue weighted by molar-refractivity contribution is 0.344. The molecule has 1 saturated heterocycles. The number of rotatable bonds is 1. The topological polar surface area (TPSA) is 26.7 Å². The molecule has 14 heavy (non-hydrogen) atoms. The van der Waals surface area contributed by atoms with Gasteiger partial charge >= 0.3 is 0 Å². The zero-order chi connectivity index (χ0) is 9.97. The Labute approximate surface area is 84.6 Å². The monoisotopic (exact) mass is 190 g/mol. The van der Waals surface area contributed by atoms with Crippen LogP contribution in [0.5, 0.6) is 5.75 Å². The molecule has 3 heteroatoms. The summed E-state index contributed by atoms with van der Waals surface area (Å²) in [4.78, 5) is 4.10. The number of phenolic OH excluding ortho intramolecular Hbond substituents is 1. The van der Waals surface area contributed by atoms with Crippen molar-refractivity contribution in [2.45, 2.75) is 0 Å². The number of hydrogen-bond donors (Lipinski definition) is 1. The standard InChI is InChI=1S/C11H14N2O/c1-12-6-8-13(9-7-12)10-2-4-11(14)5-3-10/h1-5,14H,6-9H2. The Morgan fingerprint density at radius 2 is 1.57 bits per heavy atom. The van der Waals surface area contributed by atoms with E-state index in [1.165, 1.54) is 0 Å². The molecule has 0 aliphatic carbocycles. The van der Waals surface area contributed by atoms with Crippen LogP contribution in [-0.4, -0.2) is 36.2 Å². The molecule has 2 rings (SSSR count). The summed E-state index contributed by atoms with van der Waals surface area (Å²) in [6.45, 7) is 3.67. The Morgan fingerprint density at radius 1 is 1.00 bits per heavy atom. The zero-order valence-electron chi connectivity index (χ0n) is 8.06. The number of nitrogens with zero attached hydrogens (tertiary/aromatic N) is 2. The third-order valence-electron chi connectivity index (χ3n) is 2.53. The van der Waals surface area contributed by atoms with Crippen molar-refractivity contribution in [2.75, 3.05) is 31.1 Å². The summed E-state index contributed by atoms with van der Waals surface area (Å²) in [5, 5.41) is 9.15. The normalized spacial score (nSPS) is 18.5. The molecule has 1 heterocycles. The fourth-order valence-corrected chi connectivity index (χ4v) is 1.64. The van der Waals surface area contributed by atoms with Crippen molar-refractivity contribution in [1.29, 1.82) is 0 Å². The lowest BCUT2D eigenvalue weighted by atomic mass is 10.2. The molecule has 1 aliphatic rings. The average molecular weight is 190 g/mol. The summed E-state index contributed by atoms with van der Waals surface area (Å²) in [6.07, 6.45) is 0. The van der Waals surface area contributed by atoms with E-state index in [0.717, 1.165) is 31.9 Å². The second kappa shape index (κ2) is 3.88. The highest BCUT2D eigenvalue weighted by molar-refractivity contribution is 5.49. The molecular weight excluding hydrogens is 176 g/mol. The van der Waals surface area contributed by atoms with Crippen molar-refractivity contribution in [3.05, 3.63) is 31.3 Å². The van der Waals surface area contributed by atoms with Gasteiger partial charge in [0.2, 0.25) is 0 Å². The van der Waals surface area contributed by atoms with Crippen molar-refractivity contribution >= 4 is 5.69 Å². The molecule has 3 nitrogen and oxygen atoms in total. The summed E-state index contributed by atoms with van der Waals surface area (Å²) in [6, 6.07) is 7.29. The van der Waals surface area contributed by atoms with Gasteiger partial charge in [0, 0.05) is 38.9 Å². The number of phenols is 1. The first kappa shape index (κ1) is 9.34. The minimum Gasteiger partial charge on any atom is -0.508 e. The van der Waals surface area contributed by atoms with Gasteiger partial charge in [-0.25, -0.2) is 0 Å². The van der Waals surface area contributed by atoms with Gasteiger partial charge in [-0.2, -0.15) is 0 Å². The van der Waals surface area contributed by atoms with Crippen LogP contribution in [0.2, 0.25) is 0 Å². The first-order valence-corrected chi connectivity index (χ1v) is 4.79. The van der Waals surface area contributed by atoms with Crippen LogP contribution in [0.4, 0.5) is 5.69 Å². The van der Waals surface area contributed by atoms with Crippen molar-refractivity contribution in [3.8, 4) is 5.75 Å². The van der Waals surface area contributed by atoms with E-state index in [-0.39, 0.29) is 0 Å². The minimum atomic E-state index is 0.311. The van der Waals surface area contributed by atoms with Gasteiger partial charge in [-0.15, -0.1) is 0 Å². The predicted octanol–water partition coefficient (Wildman–Crippen LogP) is 1.18. The molecular formula is C11H14N2O. The van der Waals surface area contributed by atoms with E-state index in [0.29, 0.717) is 5.75 Å². The maximum absolute atomic E-state index is 9.15. The smallest absolute Gasteiger partial charge is 0.115 e. The van der Waals surface area contributed by atoms with E-state index < -0.39 is 0 Å². The van der Waals surface area contributed by atoms with Crippen LogP contribution in [0.25, 0.3) is 0 Å². The number of anilines is 1. The van der Waals surface area contributed by atoms with Gasteiger partial charge in [-0.3, -0.25) is 4.90 Å². The number of benzene rings is 1. The van der Waals surface area contributed by atoms with Crippen LogP contribution in [-0.2, 0) is 0 Å². The third kappa shape index (κ3) is 1.99. The lowest BCUT2D eigenvalue weighted by Gasteiger charge is -2.33. The number of aromatic hydroxyl groups is 1. The molecule has 0 saturated carbocycles. The molecule has 0 unspecified atom stereocenters. The van der Waals surface area contributed by atoms with Crippen LogP contribution in [0.3, 0.4) is 0 Å². The third-order valence-corrected chi connectivity index (χ3v) is 2.53. The van der Waals surface area contributed by atoms with Crippen LogP contribution in [0.1, 0.15) is 0 Å². The van der Waals surface area contributed by atoms with Crippen LogP contribution in [0.15, 0.2) is 24.3 Å². The molecule has 74 valence electrons. The fraction of sp³-hybridized carbons (Fsp3) is 0.364. The summed E-state index contributed by atoms with van der Waals surface area (Å²) >= 11 is 0. The summed E-state index contributed by atoms with van der Waals surface area (Å²) < 4.78 is 0. The maximum atomic E-state index is 9.15. The molecule has 1 aromatic carbocycles. The first-order chi connectivity index (χ1) is 6.75. The Hall–Kier alpha value is -1.22. The van der Waals surface area contributed by atoms with Crippen molar-refractivity contribution in [3.63, 3.8) is 0 Å². The highest BCUT2D eigenvalue weighted by Gasteiger charge is 2.13. The Balaban J connectivity index is 2.05. The predicted molar refractivity (Wildman–Crippen MR) is 56.2 cm³/mol. The lowest BCUT2D eigenvalue weighted by Crippen LogP contribution is -2.43. The highest BCUT2D eigenvalue weighted by Crippen LogP contribution is 2.19. The Morgan fingerprint density at radius 3 is 2.14 bits per heavy atom. The molecule has 0 amide bonds. The Bertz CT molecular complexity index is 289. The van der Waals surface area contributed by atoms with Crippen LogP contribution in [0, 0.1) is 7.05 Å². The first-order valence-electron chi connectivity index (χ1n) is 4.79. The fourth-order valence-electron chi connectivity index (χ4n) is 1.64. The number of piperazine rings is 1. The van der Waals surface area contributed by atoms with Gasteiger partial charge < -0.3 is 10.0 Å². The molecule has 1 fully saturated rings. The molecule has 1 N–H and O–H groups in total. The molecule has 0 atom stereocenters. The molecule has 0 aromatic heterocycles. The van der Waals surface area contributed by atoms with Gasteiger partial charge in [0.05, 0.1) is 0 Å². The minimum absolute atomic E-state index is 0.311. The van der Waals surface area contributed by atoms with Crippen molar-refractivity contribution in [2.24, 2.45) is 0 Å². The number of hydrogen-bond acceptors (Lipinski definition) is 3. The summed E-state index contributed by atoms with van der Waals surface area (Å²) in [5.74, 6) is 0.311. The van der Waals surface area contributed by atoms with Gasteiger partial charge in [0.25, 0.3) is 0 Å². The van der Waals surface area contributed by atoms with Gasteiger partial charge in [-0.05, 0) is 24.3 Å². The van der Waals surface area contributed by atoms with E-state index in [2.05, 4.69) is 4.90 Å². The van der Waals surface area contributed by atoms with E-state index >= 15 is 0 Å². The van der Waals surface area contributed by atoms with Gasteiger partial charge in [-0.1, -0.05) is 0 Å². The van der Waals surface area contributed by atoms with Crippen LogP contribution < -0.4 is 4.90 Å². The summed E-state index contributed by atoms with van der Waals surface area (Å²) in [7, 11) is 5.67. The second-order valence-corrected chi connectivity index (χ2v) is 3.54. The van der Waals surface area contributed by atoms with E-state index in [4.69, 9.17) is 12.2 Å². The van der Waals surface area contributed by atoms with Crippen molar-refractivity contribution < 1.29 is 5.11 Å². The van der Waals surface area contributed by atoms with Gasteiger partial charge in [0.1, 0.15) is 5.75 Å². The van der Waals surface area contributed by atoms with Gasteiger partial charge in [0.15, 0.2) is 0 Å². The maximum Gasteiger partial charge on any atom is 0.115 e. The van der Waals surface area contributed by atoms with E-state index in [9.17, 15) is 0 Å². The molecule has 2 radical (unpaired) electrons. The van der Waals surface area contributed by atoms with E-state index in [1.54, 1.807) is 12.1 Å².